The van der Waals surface area contributed by atoms with Crippen LogP contribution in [0, 0.1) is 0 Å². The van der Waals surface area contributed by atoms with Crippen molar-refractivity contribution in [3.8, 4) is 0 Å². The molecule has 0 radical (unpaired) electrons. The van der Waals surface area contributed by atoms with Crippen LogP contribution in [-0.4, -0.2) is 40.2 Å². The van der Waals surface area contributed by atoms with Gasteiger partial charge in [-0.25, -0.2) is 0 Å². The standard InChI is InChI=1S/C14H13F3N2O3S/c1-8-13(22)19(12(21)7-23-8)6-11(20)18-10-5-3-2-4-9(10)14(15,16)17/h2-5,8H,6-7H2,1H3,(H,18,20)/t8-/m0/s1. The number of thioether (sulfide) groups is 1. The zero-order chi connectivity index (χ0) is 17.2. The van der Waals surface area contributed by atoms with Gasteiger partial charge in [0.25, 0.3) is 0 Å². The number of anilines is 1. The summed E-state index contributed by atoms with van der Waals surface area (Å²) in [5.74, 6) is -1.86. The Morgan fingerprint density at radius 1 is 1.35 bits per heavy atom. The number of carbonyl (C=O) groups excluding carboxylic acids is 3. The van der Waals surface area contributed by atoms with Gasteiger partial charge in [0.05, 0.1) is 22.3 Å². The van der Waals surface area contributed by atoms with Crippen molar-refractivity contribution in [3.63, 3.8) is 0 Å². The number of halogens is 3. The van der Waals surface area contributed by atoms with Gasteiger partial charge in [-0.15, -0.1) is 11.8 Å². The van der Waals surface area contributed by atoms with E-state index in [2.05, 4.69) is 5.32 Å². The Morgan fingerprint density at radius 3 is 2.65 bits per heavy atom. The molecule has 5 nitrogen and oxygen atoms in total. The molecule has 1 aromatic carbocycles. The van der Waals surface area contributed by atoms with Crippen LogP contribution in [-0.2, 0) is 20.6 Å². The van der Waals surface area contributed by atoms with Crippen molar-refractivity contribution >= 4 is 35.2 Å². The maximum atomic E-state index is 12.9. The second kappa shape index (κ2) is 6.61. The predicted octanol–water partition coefficient (Wildman–Crippen LogP) is 2.13. The van der Waals surface area contributed by atoms with E-state index in [1.54, 1.807) is 6.92 Å². The lowest BCUT2D eigenvalue weighted by atomic mass is 10.1. The molecule has 1 fully saturated rings. The number of benzene rings is 1. The number of para-hydroxylation sites is 1. The number of amides is 3. The molecule has 0 spiro atoms. The highest BCUT2D eigenvalue weighted by atomic mass is 32.2. The smallest absolute Gasteiger partial charge is 0.324 e. The minimum atomic E-state index is -4.62. The minimum absolute atomic E-state index is 0.0549. The first-order chi connectivity index (χ1) is 10.7. The van der Waals surface area contributed by atoms with E-state index < -0.39 is 46.9 Å². The molecule has 3 amide bonds. The first kappa shape index (κ1) is 17.3. The molecule has 1 aromatic rings. The van der Waals surface area contributed by atoms with E-state index in [1.807, 2.05) is 0 Å². The molecule has 0 unspecified atom stereocenters. The number of hydrogen-bond acceptors (Lipinski definition) is 4. The number of nitrogens with zero attached hydrogens (tertiary/aromatic N) is 1. The summed E-state index contributed by atoms with van der Waals surface area (Å²) < 4.78 is 38.6. The summed E-state index contributed by atoms with van der Waals surface area (Å²) in [5.41, 5.74) is -1.40. The highest BCUT2D eigenvalue weighted by molar-refractivity contribution is 8.01. The zero-order valence-electron chi connectivity index (χ0n) is 12.0. The maximum Gasteiger partial charge on any atom is 0.418 e. The van der Waals surface area contributed by atoms with Crippen LogP contribution >= 0.6 is 11.8 Å². The molecular weight excluding hydrogens is 333 g/mol. The summed E-state index contributed by atoms with van der Waals surface area (Å²) in [5, 5.41) is 1.64. The molecule has 1 N–H and O–H groups in total. The molecule has 23 heavy (non-hydrogen) atoms. The van der Waals surface area contributed by atoms with Gasteiger partial charge in [-0.05, 0) is 19.1 Å². The molecule has 9 heteroatoms. The van der Waals surface area contributed by atoms with Gasteiger partial charge in [0.15, 0.2) is 0 Å². The van der Waals surface area contributed by atoms with E-state index in [4.69, 9.17) is 0 Å². The van der Waals surface area contributed by atoms with Crippen molar-refractivity contribution in [2.45, 2.75) is 18.3 Å². The Bertz CT molecular complexity index is 648. The molecule has 1 heterocycles. The van der Waals surface area contributed by atoms with Crippen molar-refractivity contribution < 1.29 is 27.6 Å². The molecule has 1 aliphatic rings. The normalized spacial score (nSPS) is 19.0. The highest BCUT2D eigenvalue weighted by Gasteiger charge is 2.35. The third kappa shape index (κ3) is 4.04. The Kier molecular flexibility index (Phi) is 4.98. The summed E-state index contributed by atoms with van der Waals surface area (Å²) in [7, 11) is 0. The molecule has 124 valence electrons. The van der Waals surface area contributed by atoms with E-state index in [-0.39, 0.29) is 5.75 Å². The number of carbonyl (C=O) groups is 3. The van der Waals surface area contributed by atoms with Crippen LogP contribution < -0.4 is 5.32 Å². The van der Waals surface area contributed by atoms with Crippen molar-refractivity contribution in [2.24, 2.45) is 0 Å². The van der Waals surface area contributed by atoms with Crippen molar-refractivity contribution in [3.05, 3.63) is 29.8 Å². The van der Waals surface area contributed by atoms with Crippen LogP contribution in [0.15, 0.2) is 24.3 Å². The molecule has 0 saturated carbocycles. The van der Waals surface area contributed by atoms with Crippen LogP contribution in [0.5, 0.6) is 0 Å². The maximum absolute atomic E-state index is 12.9. The first-order valence-corrected chi connectivity index (χ1v) is 7.67. The lowest BCUT2D eigenvalue weighted by Crippen LogP contribution is -2.49. The van der Waals surface area contributed by atoms with Gasteiger partial charge in [-0.1, -0.05) is 12.1 Å². The van der Waals surface area contributed by atoms with E-state index in [0.29, 0.717) is 0 Å². The van der Waals surface area contributed by atoms with Crippen molar-refractivity contribution in [1.82, 2.24) is 4.90 Å². The van der Waals surface area contributed by atoms with E-state index >= 15 is 0 Å². The average Bonchev–Trinajstić information content (AvgIpc) is 2.47. The highest BCUT2D eigenvalue weighted by Crippen LogP contribution is 2.34. The van der Waals surface area contributed by atoms with Gasteiger partial charge >= 0.3 is 6.18 Å². The second-order valence-electron chi connectivity index (χ2n) is 4.86. The fourth-order valence-electron chi connectivity index (χ4n) is 2.03. The lowest BCUT2D eigenvalue weighted by Gasteiger charge is -2.28. The molecule has 2 rings (SSSR count). The first-order valence-electron chi connectivity index (χ1n) is 6.62. The fourth-order valence-corrected chi connectivity index (χ4v) is 2.84. The predicted molar refractivity (Wildman–Crippen MR) is 78.7 cm³/mol. The zero-order valence-corrected chi connectivity index (χ0v) is 12.8. The van der Waals surface area contributed by atoms with E-state index in [1.165, 1.54) is 12.1 Å². The average molecular weight is 346 g/mol. The Hall–Kier alpha value is -2.03. The fraction of sp³-hybridized carbons (Fsp3) is 0.357. The number of alkyl halides is 3. The van der Waals surface area contributed by atoms with Crippen molar-refractivity contribution in [2.75, 3.05) is 17.6 Å². The number of imide groups is 1. The third-order valence-corrected chi connectivity index (χ3v) is 4.30. The molecule has 1 aliphatic heterocycles. The van der Waals surface area contributed by atoms with Crippen LogP contribution in [0.2, 0.25) is 0 Å². The third-order valence-electron chi connectivity index (χ3n) is 3.18. The number of hydrogen-bond donors (Lipinski definition) is 1. The van der Waals surface area contributed by atoms with Gasteiger partial charge in [0.1, 0.15) is 6.54 Å². The Balaban J connectivity index is 2.11. The summed E-state index contributed by atoms with van der Waals surface area (Å²) in [6.07, 6.45) is -4.62. The molecule has 0 bridgehead atoms. The summed E-state index contributed by atoms with van der Waals surface area (Å²) in [6.45, 7) is 0.998. The van der Waals surface area contributed by atoms with Crippen LogP contribution in [0.3, 0.4) is 0 Å². The second-order valence-corrected chi connectivity index (χ2v) is 6.19. The van der Waals surface area contributed by atoms with Crippen LogP contribution in [0.1, 0.15) is 12.5 Å². The van der Waals surface area contributed by atoms with Gasteiger partial charge in [-0.2, -0.15) is 13.2 Å². The summed E-state index contributed by atoms with van der Waals surface area (Å²) in [4.78, 5) is 36.3. The topological polar surface area (TPSA) is 66.5 Å². The van der Waals surface area contributed by atoms with E-state index in [0.717, 1.165) is 28.8 Å². The summed E-state index contributed by atoms with van der Waals surface area (Å²) in [6, 6.07) is 4.50. The quantitative estimate of drug-likeness (QED) is 0.852. The van der Waals surface area contributed by atoms with Crippen molar-refractivity contribution in [1.29, 1.82) is 0 Å². The van der Waals surface area contributed by atoms with Crippen LogP contribution in [0.4, 0.5) is 18.9 Å². The largest absolute Gasteiger partial charge is 0.418 e. The van der Waals surface area contributed by atoms with Gasteiger partial charge in [-0.3, -0.25) is 19.3 Å². The van der Waals surface area contributed by atoms with E-state index in [9.17, 15) is 27.6 Å². The SMILES string of the molecule is C[C@@H]1SCC(=O)N(CC(=O)Nc2ccccc2C(F)(F)F)C1=O. The number of nitrogens with one attached hydrogen (secondary N) is 1. The molecular formula is C14H13F3N2O3S. The molecule has 0 aromatic heterocycles. The number of rotatable bonds is 3. The van der Waals surface area contributed by atoms with Crippen LogP contribution in [0.25, 0.3) is 0 Å². The van der Waals surface area contributed by atoms with Gasteiger partial charge < -0.3 is 5.32 Å². The summed E-state index contributed by atoms with van der Waals surface area (Å²) >= 11 is 1.15. The van der Waals surface area contributed by atoms with Gasteiger partial charge in [0, 0.05) is 0 Å². The Morgan fingerprint density at radius 2 is 2.00 bits per heavy atom. The lowest BCUT2D eigenvalue weighted by molar-refractivity contribution is -0.146. The van der Waals surface area contributed by atoms with Gasteiger partial charge in [0.2, 0.25) is 17.7 Å². The molecule has 1 atom stereocenters. The minimum Gasteiger partial charge on any atom is -0.324 e. The Labute approximate surface area is 134 Å². The monoisotopic (exact) mass is 346 g/mol. The molecule has 1 saturated heterocycles. The molecule has 0 aliphatic carbocycles.